The summed E-state index contributed by atoms with van der Waals surface area (Å²) in [7, 11) is 3.89. The van der Waals surface area contributed by atoms with Gasteiger partial charge in [-0.2, -0.15) is 0 Å². The second-order valence-electron chi connectivity index (χ2n) is 4.95. The summed E-state index contributed by atoms with van der Waals surface area (Å²) in [5.41, 5.74) is 0.404. The van der Waals surface area contributed by atoms with Crippen LogP contribution in [0.1, 0.15) is 23.2 Å². The molecule has 2 heterocycles. The van der Waals surface area contributed by atoms with Crippen LogP contribution in [0, 0.1) is 0 Å². The summed E-state index contributed by atoms with van der Waals surface area (Å²) in [6.45, 7) is 1.97. The number of carbonyl (C=O) groups excluding carboxylic acids is 1. The summed E-state index contributed by atoms with van der Waals surface area (Å²) in [5.74, 6) is -0.102. The van der Waals surface area contributed by atoms with Crippen LogP contribution in [-0.2, 0) is 0 Å². The van der Waals surface area contributed by atoms with E-state index in [1.54, 1.807) is 17.0 Å². The average molecular weight is 302 g/mol. The maximum Gasteiger partial charge on any atom is 0.257 e. The SMILES string of the molecule is CN1CCCC(N(C)C(=O)c2ccc(Cl)nc2Cl)C1. The Morgan fingerprint density at radius 1 is 1.47 bits per heavy atom. The highest BCUT2D eigenvalue weighted by Gasteiger charge is 2.26. The first-order valence-electron chi connectivity index (χ1n) is 6.27. The van der Waals surface area contributed by atoms with Gasteiger partial charge in [-0.15, -0.1) is 0 Å². The number of likely N-dealkylation sites (tertiary alicyclic amines) is 1. The molecule has 0 N–H and O–H groups in total. The van der Waals surface area contributed by atoms with E-state index >= 15 is 0 Å². The first-order valence-corrected chi connectivity index (χ1v) is 7.02. The molecule has 6 heteroatoms. The Morgan fingerprint density at radius 2 is 2.21 bits per heavy atom. The minimum atomic E-state index is -0.102. The fourth-order valence-electron chi connectivity index (χ4n) is 2.38. The molecular weight excluding hydrogens is 285 g/mol. The average Bonchev–Trinajstić information content (AvgIpc) is 2.37. The van der Waals surface area contributed by atoms with Gasteiger partial charge in [0.15, 0.2) is 0 Å². The molecule has 0 aromatic carbocycles. The quantitative estimate of drug-likeness (QED) is 0.788. The Kier molecular flexibility index (Phi) is 4.66. The van der Waals surface area contributed by atoms with Gasteiger partial charge >= 0.3 is 0 Å². The van der Waals surface area contributed by atoms with Crippen molar-refractivity contribution >= 4 is 29.1 Å². The number of amides is 1. The number of carbonyl (C=O) groups is 1. The zero-order valence-corrected chi connectivity index (χ0v) is 12.6. The van der Waals surface area contributed by atoms with Gasteiger partial charge in [-0.1, -0.05) is 23.2 Å². The van der Waals surface area contributed by atoms with Crippen LogP contribution in [0.3, 0.4) is 0 Å². The molecule has 104 valence electrons. The van der Waals surface area contributed by atoms with E-state index in [2.05, 4.69) is 16.9 Å². The first-order chi connectivity index (χ1) is 8.99. The molecule has 4 nitrogen and oxygen atoms in total. The first kappa shape index (κ1) is 14.6. The van der Waals surface area contributed by atoms with Crippen molar-refractivity contribution in [3.63, 3.8) is 0 Å². The number of rotatable bonds is 2. The number of hydrogen-bond acceptors (Lipinski definition) is 3. The third kappa shape index (κ3) is 3.38. The molecule has 1 aliphatic heterocycles. The highest BCUT2D eigenvalue weighted by Crippen LogP contribution is 2.21. The Bertz CT molecular complexity index is 481. The molecular formula is C13H17Cl2N3O. The summed E-state index contributed by atoms with van der Waals surface area (Å²) < 4.78 is 0. The van der Waals surface area contributed by atoms with Crippen molar-refractivity contribution in [1.29, 1.82) is 0 Å². The summed E-state index contributed by atoms with van der Waals surface area (Å²) >= 11 is 11.7. The lowest BCUT2D eigenvalue weighted by Crippen LogP contribution is -2.47. The molecule has 19 heavy (non-hydrogen) atoms. The maximum absolute atomic E-state index is 12.4. The predicted molar refractivity (Wildman–Crippen MR) is 76.9 cm³/mol. The molecule has 0 saturated carbocycles. The topological polar surface area (TPSA) is 36.4 Å². The molecule has 0 bridgehead atoms. The van der Waals surface area contributed by atoms with Gasteiger partial charge in [0.1, 0.15) is 10.3 Å². The van der Waals surface area contributed by atoms with Crippen molar-refractivity contribution in [2.45, 2.75) is 18.9 Å². The number of pyridine rings is 1. The molecule has 2 rings (SSSR count). The number of nitrogens with zero attached hydrogens (tertiary/aromatic N) is 3. The zero-order valence-electron chi connectivity index (χ0n) is 11.1. The molecule has 1 fully saturated rings. The lowest BCUT2D eigenvalue weighted by atomic mass is 10.0. The van der Waals surface area contributed by atoms with E-state index in [-0.39, 0.29) is 17.1 Å². The number of halogens is 2. The van der Waals surface area contributed by atoms with Crippen molar-refractivity contribution in [2.75, 3.05) is 27.2 Å². The van der Waals surface area contributed by atoms with Crippen LogP contribution in [0.15, 0.2) is 12.1 Å². The fourth-order valence-corrected chi connectivity index (χ4v) is 2.81. The maximum atomic E-state index is 12.4. The van der Waals surface area contributed by atoms with Gasteiger partial charge in [0, 0.05) is 19.6 Å². The van der Waals surface area contributed by atoms with E-state index in [1.165, 1.54) is 0 Å². The van der Waals surface area contributed by atoms with E-state index in [1.807, 2.05) is 7.05 Å². The van der Waals surface area contributed by atoms with Crippen LogP contribution in [0.5, 0.6) is 0 Å². The Hall–Kier alpha value is -0.840. The lowest BCUT2D eigenvalue weighted by Gasteiger charge is -2.35. The minimum Gasteiger partial charge on any atom is -0.337 e. The number of aromatic nitrogens is 1. The van der Waals surface area contributed by atoms with E-state index in [0.717, 1.165) is 25.9 Å². The third-order valence-electron chi connectivity index (χ3n) is 3.51. The van der Waals surface area contributed by atoms with Gasteiger partial charge in [-0.25, -0.2) is 4.98 Å². The third-order valence-corrected chi connectivity index (χ3v) is 4.01. The van der Waals surface area contributed by atoms with Crippen molar-refractivity contribution in [3.8, 4) is 0 Å². The van der Waals surface area contributed by atoms with E-state index < -0.39 is 0 Å². The second kappa shape index (κ2) is 6.07. The van der Waals surface area contributed by atoms with Crippen molar-refractivity contribution in [1.82, 2.24) is 14.8 Å². The van der Waals surface area contributed by atoms with Crippen molar-refractivity contribution in [3.05, 3.63) is 28.0 Å². The Balaban J connectivity index is 2.14. The highest BCUT2D eigenvalue weighted by molar-refractivity contribution is 6.34. The van der Waals surface area contributed by atoms with Gasteiger partial charge in [-0.05, 0) is 38.6 Å². The highest BCUT2D eigenvalue weighted by atomic mass is 35.5. The van der Waals surface area contributed by atoms with Crippen LogP contribution in [0.4, 0.5) is 0 Å². The van der Waals surface area contributed by atoms with E-state index in [0.29, 0.717) is 10.7 Å². The standard InChI is InChI=1S/C13H17Cl2N3O/c1-17-7-3-4-9(8-17)18(2)13(19)10-5-6-11(14)16-12(10)15/h5-6,9H,3-4,7-8H2,1-2H3. The summed E-state index contributed by atoms with van der Waals surface area (Å²) in [5, 5.41) is 0.454. The zero-order chi connectivity index (χ0) is 14.0. The normalized spacial score (nSPS) is 20.3. The monoisotopic (exact) mass is 301 g/mol. The Morgan fingerprint density at radius 3 is 2.84 bits per heavy atom. The van der Waals surface area contributed by atoms with Crippen LogP contribution < -0.4 is 0 Å². The summed E-state index contributed by atoms with van der Waals surface area (Å²) in [6.07, 6.45) is 2.12. The van der Waals surface area contributed by atoms with Crippen molar-refractivity contribution in [2.24, 2.45) is 0 Å². The van der Waals surface area contributed by atoms with Gasteiger partial charge in [0.2, 0.25) is 0 Å². The van der Waals surface area contributed by atoms with Gasteiger partial charge in [-0.3, -0.25) is 4.79 Å². The fraction of sp³-hybridized carbons (Fsp3) is 0.538. The van der Waals surface area contributed by atoms with E-state index in [9.17, 15) is 4.79 Å². The van der Waals surface area contributed by atoms with Crippen LogP contribution in [0.25, 0.3) is 0 Å². The van der Waals surface area contributed by atoms with Gasteiger partial charge in [0.25, 0.3) is 5.91 Å². The largest absolute Gasteiger partial charge is 0.337 e. The summed E-state index contributed by atoms with van der Waals surface area (Å²) in [4.78, 5) is 20.3. The molecule has 1 saturated heterocycles. The lowest BCUT2D eigenvalue weighted by molar-refractivity contribution is 0.0644. The molecule has 1 atom stereocenters. The predicted octanol–water partition coefficient (Wildman–Crippen LogP) is 2.55. The molecule has 1 unspecified atom stereocenters. The molecule has 0 radical (unpaired) electrons. The molecule has 0 spiro atoms. The van der Waals surface area contributed by atoms with Gasteiger partial charge in [0.05, 0.1) is 5.56 Å². The molecule has 1 aromatic heterocycles. The van der Waals surface area contributed by atoms with Crippen molar-refractivity contribution < 1.29 is 4.79 Å². The van der Waals surface area contributed by atoms with Gasteiger partial charge < -0.3 is 9.80 Å². The van der Waals surface area contributed by atoms with Crippen LogP contribution >= 0.6 is 23.2 Å². The number of likely N-dealkylation sites (N-methyl/N-ethyl adjacent to an activating group) is 2. The smallest absolute Gasteiger partial charge is 0.257 e. The molecule has 1 aromatic rings. The second-order valence-corrected chi connectivity index (χ2v) is 5.69. The molecule has 0 aliphatic carbocycles. The molecule has 1 aliphatic rings. The van der Waals surface area contributed by atoms with Crippen LogP contribution in [0.2, 0.25) is 10.3 Å². The minimum absolute atomic E-state index is 0.102. The molecule has 1 amide bonds. The Labute approximate surface area is 123 Å². The van der Waals surface area contributed by atoms with Crippen LogP contribution in [-0.4, -0.2) is 53.9 Å². The number of hydrogen-bond donors (Lipinski definition) is 0. The number of piperidine rings is 1. The van der Waals surface area contributed by atoms with E-state index in [4.69, 9.17) is 23.2 Å². The summed E-state index contributed by atoms with van der Waals surface area (Å²) in [6, 6.07) is 3.43.